The van der Waals surface area contributed by atoms with Crippen molar-refractivity contribution in [3.05, 3.63) is 24.0 Å². The van der Waals surface area contributed by atoms with Gasteiger partial charge in [0.15, 0.2) is 0 Å². The van der Waals surface area contributed by atoms with Crippen LogP contribution in [0.4, 0.5) is 0 Å². The number of aliphatic hydroxyl groups is 1. The number of carboxylic acids is 1. The second-order valence-electron chi connectivity index (χ2n) is 2.96. The first-order valence-corrected chi connectivity index (χ1v) is 4.43. The zero-order valence-electron chi connectivity index (χ0n) is 7.93. The van der Waals surface area contributed by atoms with Crippen molar-refractivity contribution in [3.63, 3.8) is 0 Å². The van der Waals surface area contributed by atoms with Crippen LogP contribution in [0.5, 0.6) is 0 Å². The lowest BCUT2D eigenvalue weighted by Crippen LogP contribution is -2.41. The van der Waals surface area contributed by atoms with Crippen molar-refractivity contribution in [1.82, 2.24) is 10.3 Å². The third-order valence-electron chi connectivity index (χ3n) is 1.86. The van der Waals surface area contributed by atoms with Crippen molar-refractivity contribution < 1.29 is 19.8 Å². The number of carbonyl (C=O) groups excluding carboxylic acids is 1. The first-order chi connectivity index (χ1) is 7.15. The van der Waals surface area contributed by atoms with Gasteiger partial charge in [0.1, 0.15) is 11.7 Å². The van der Waals surface area contributed by atoms with Crippen LogP contribution in [0.1, 0.15) is 16.9 Å². The Morgan fingerprint density at radius 2 is 2.27 bits per heavy atom. The lowest BCUT2D eigenvalue weighted by molar-refractivity contribution is -0.139. The fraction of sp³-hybridized carbons (Fsp3) is 0.333. The monoisotopic (exact) mass is 212 g/mol. The van der Waals surface area contributed by atoms with Gasteiger partial charge in [0.2, 0.25) is 0 Å². The van der Waals surface area contributed by atoms with E-state index < -0.39 is 17.9 Å². The summed E-state index contributed by atoms with van der Waals surface area (Å²) in [5, 5.41) is 19.6. The van der Waals surface area contributed by atoms with E-state index in [0.717, 1.165) is 0 Å². The van der Waals surface area contributed by atoms with Gasteiger partial charge in [-0.15, -0.1) is 0 Å². The molecule has 0 radical (unpaired) electrons. The molecule has 0 aliphatic heterocycles. The Labute approximate surface area is 85.9 Å². The van der Waals surface area contributed by atoms with Gasteiger partial charge in [-0.25, -0.2) is 4.79 Å². The number of aromatic nitrogens is 1. The van der Waals surface area contributed by atoms with Crippen LogP contribution in [0.2, 0.25) is 0 Å². The van der Waals surface area contributed by atoms with Crippen LogP contribution in [0.15, 0.2) is 18.3 Å². The van der Waals surface area contributed by atoms with Crippen LogP contribution in [0, 0.1) is 0 Å². The molecule has 0 aliphatic carbocycles. The molecule has 0 aromatic carbocycles. The maximum atomic E-state index is 11.4. The Bertz CT molecular complexity index is 334. The van der Waals surface area contributed by atoms with Gasteiger partial charge in [-0.3, -0.25) is 4.79 Å². The number of amides is 1. The van der Waals surface area contributed by atoms with Crippen LogP contribution in [-0.4, -0.2) is 39.7 Å². The standard InChI is InChI=1S/C9H12N2O4/c12-5-3-7(9(14)15)11-8(13)6-2-1-4-10-6/h1-2,4,7,10,12H,3,5H2,(H,11,13)(H,14,15)/t7-/m1/s1. The quantitative estimate of drug-likeness (QED) is 0.532. The van der Waals surface area contributed by atoms with Gasteiger partial charge in [0, 0.05) is 19.2 Å². The summed E-state index contributed by atoms with van der Waals surface area (Å²) in [6.07, 6.45) is 1.55. The second-order valence-corrected chi connectivity index (χ2v) is 2.96. The normalized spacial score (nSPS) is 12.1. The third kappa shape index (κ3) is 3.10. The van der Waals surface area contributed by atoms with E-state index in [1.807, 2.05) is 0 Å². The highest BCUT2D eigenvalue weighted by Crippen LogP contribution is 1.97. The molecule has 1 amide bonds. The lowest BCUT2D eigenvalue weighted by atomic mass is 10.2. The minimum absolute atomic E-state index is 0.0121. The molecule has 1 atom stereocenters. The zero-order chi connectivity index (χ0) is 11.3. The summed E-state index contributed by atoms with van der Waals surface area (Å²) in [7, 11) is 0. The number of aromatic amines is 1. The van der Waals surface area contributed by atoms with Gasteiger partial charge in [0.25, 0.3) is 5.91 Å². The van der Waals surface area contributed by atoms with Crippen molar-refractivity contribution in [3.8, 4) is 0 Å². The summed E-state index contributed by atoms with van der Waals surface area (Å²) in [5.41, 5.74) is 0.291. The number of aliphatic hydroxyl groups excluding tert-OH is 1. The highest BCUT2D eigenvalue weighted by atomic mass is 16.4. The lowest BCUT2D eigenvalue weighted by Gasteiger charge is -2.12. The minimum atomic E-state index is -1.16. The first kappa shape index (κ1) is 11.3. The van der Waals surface area contributed by atoms with Crippen LogP contribution < -0.4 is 5.32 Å². The molecule has 0 fully saturated rings. The van der Waals surface area contributed by atoms with Crippen LogP contribution in [0.25, 0.3) is 0 Å². The maximum absolute atomic E-state index is 11.4. The molecule has 0 saturated heterocycles. The molecule has 1 heterocycles. The van der Waals surface area contributed by atoms with E-state index in [9.17, 15) is 9.59 Å². The van der Waals surface area contributed by atoms with Crippen molar-refractivity contribution in [2.75, 3.05) is 6.61 Å². The number of carbonyl (C=O) groups is 2. The summed E-state index contributed by atoms with van der Waals surface area (Å²) >= 11 is 0. The number of rotatable bonds is 5. The molecule has 0 aliphatic rings. The second kappa shape index (κ2) is 5.16. The van der Waals surface area contributed by atoms with E-state index in [0.29, 0.717) is 5.69 Å². The number of hydrogen-bond acceptors (Lipinski definition) is 3. The predicted molar refractivity (Wildman–Crippen MR) is 51.4 cm³/mol. The molecule has 6 nitrogen and oxygen atoms in total. The molecule has 1 aromatic heterocycles. The summed E-state index contributed by atoms with van der Waals surface area (Å²) in [4.78, 5) is 24.7. The molecular formula is C9H12N2O4. The fourth-order valence-electron chi connectivity index (χ4n) is 1.09. The maximum Gasteiger partial charge on any atom is 0.326 e. The number of nitrogens with one attached hydrogen (secondary N) is 2. The zero-order valence-corrected chi connectivity index (χ0v) is 7.93. The van der Waals surface area contributed by atoms with Crippen LogP contribution in [-0.2, 0) is 4.79 Å². The number of carboxylic acid groups (broad SMARTS) is 1. The van der Waals surface area contributed by atoms with E-state index >= 15 is 0 Å². The molecule has 82 valence electrons. The van der Waals surface area contributed by atoms with Crippen molar-refractivity contribution in [2.24, 2.45) is 0 Å². The fourth-order valence-corrected chi connectivity index (χ4v) is 1.09. The van der Waals surface area contributed by atoms with Gasteiger partial charge < -0.3 is 20.5 Å². The average molecular weight is 212 g/mol. The van der Waals surface area contributed by atoms with Crippen molar-refractivity contribution in [1.29, 1.82) is 0 Å². The van der Waals surface area contributed by atoms with Crippen LogP contribution in [0.3, 0.4) is 0 Å². The van der Waals surface area contributed by atoms with E-state index in [1.165, 1.54) is 6.07 Å². The third-order valence-corrected chi connectivity index (χ3v) is 1.86. The molecule has 4 N–H and O–H groups in total. The molecule has 1 rings (SSSR count). The van der Waals surface area contributed by atoms with E-state index in [4.69, 9.17) is 10.2 Å². The van der Waals surface area contributed by atoms with E-state index in [2.05, 4.69) is 10.3 Å². The Morgan fingerprint density at radius 1 is 1.53 bits per heavy atom. The summed E-state index contributed by atoms with van der Waals surface area (Å²) in [5.74, 6) is -1.66. The van der Waals surface area contributed by atoms with E-state index in [-0.39, 0.29) is 13.0 Å². The predicted octanol–water partition coefficient (Wildman–Crippen LogP) is -0.420. The molecular weight excluding hydrogens is 200 g/mol. The molecule has 0 bridgehead atoms. The SMILES string of the molecule is O=C(N[C@H](CCO)C(=O)O)c1ccc[nH]1. The number of aliphatic carboxylic acids is 1. The van der Waals surface area contributed by atoms with E-state index in [1.54, 1.807) is 12.3 Å². The summed E-state index contributed by atoms with van der Waals surface area (Å²) in [6.45, 7) is -0.290. The molecule has 1 aromatic rings. The molecule has 0 saturated carbocycles. The summed E-state index contributed by atoms with van der Waals surface area (Å²) in [6, 6.07) is 2.11. The Kier molecular flexibility index (Phi) is 3.87. The highest BCUT2D eigenvalue weighted by Gasteiger charge is 2.19. The van der Waals surface area contributed by atoms with Gasteiger partial charge >= 0.3 is 5.97 Å². The van der Waals surface area contributed by atoms with Gasteiger partial charge in [0.05, 0.1) is 0 Å². The van der Waals surface area contributed by atoms with Gasteiger partial charge in [-0.2, -0.15) is 0 Å². The van der Waals surface area contributed by atoms with Crippen molar-refractivity contribution >= 4 is 11.9 Å². The Hall–Kier alpha value is -1.82. The van der Waals surface area contributed by atoms with Gasteiger partial charge in [-0.1, -0.05) is 0 Å². The largest absolute Gasteiger partial charge is 0.480 e. The minimum Gasteiger partial charge on any atom is -0.480 e. The van der Waals surface area contributed by atoms with Gasteiger partial charge in [-0.05, 0) is 12.1 Å². The molecule has 15 heavy (non-hydrogen) atoms. The molecule has 6 heteroatoms. The molecule has 0 unspecified atom stereocenters. The average Bonchev–Trinajstić information content (AvgIpc) is 2.69. The molecule has 0 spiro atoms. The van der Waals surface area contributed by atoms with Crippen molar-refractivity contribution in [2.45, 2.75) is 12.5 Å². The smallest absolute Gasteiger partial charge is 0.326 e. The first-order valence-electron chi connectivity index (χ1n) is 4.43. The Morgan fingerprint density at radius 3 is 2.73 bits per heavy atom. The van der Waals surface area contributed by atoms with Crippen LogP contribution >= 0.6 is 0 Å². The number of H-pyrrole nitrogens is 1. The topological polar surface area (TPSA) is 102 Å². The Balaban J connectivity index is 2.59. The summed E-state index contributed by atoms with van der Waals surface area (Å²) < 4.78 is 0. The number of hydrogen-bond donors (Lipinski definition) is 4. The highest BCUT2D eigenvalue weighted by molar-refractivity contribution is 5.94.